The summed E-state index contributed by atoms with van der Waals surface area (Å²) in [4.78, 5) is 3.76. The molecule has 1 rings (SSSR count). The largest absolute Gasteiger partial charge is 0.310 e. The van der Waals surface area contributed by atoms with Crippen LogP contribution in [0.2, 0.25) is 0 Å². The highest BCUT2D eigenvalue weighted by Gasteiger charge is 2.13. The highest BCUT2D eigenvalue weighted by atomic mass is 19.1. The fraction of sp³-hybridized carbons (Fsp3) is 0.583. The molecule has 1 heterocycles. The Labute approximate surface area is 90.9 Å². The van der Waals surface area contributed by atoms with Gasteiger partial charge in [-0.1, -0.05) is 20.3 Å². The third-order valence-electron chi connectivity index (χ3n) is 2.40. The first-order chi connectivity index (χ1) is 7.29. The normalized spacial score (nSPS) is 12.7. The number of halogens is 1. The first-order valence-electron chi connectivity index (χ1n) is 5.62. The SMILES string of the molecule is CCCNC(CCC)c1ccncc1F. The van der Waals surface area contributed by atoms with Gasteiger partial charge in [-0.15, -0.1) is 0 Å². The van der Waals surface area contributed by atoms with E-state index in [1.807, 2.05) is 0 Å². The van der Waals surface area contributed by atoms with Gasteiger partial charge in [-0.05, 0) is 25.5 Å². The monoisotopic (exact) mass is 210 g/mol. The Hall–Kier alpha value is -0.960. The predicted molar refractivity (Wildman–Crippen MR) is 60.1 cm³/mol. The average molecular weight is 210 g/mol. The van der Waals surface area contributed by atoms with Crippen molar-refractivity contribution in [3.8, 4) is 0 Å². The third kappa shape index (κ3) is 3.59. The molecule has 0 radical (unpaired) electrons. The Bertz CT molecular complexity index is 289. The predicted octanol–water partition coefficient (Wildman–Crippen LogP) is 3.06. The Morgan fingerprint density at radius 2 is 2.20 bits per heavy atom. The number of hydrogen-bond acceptors (Lipinski definition) is 2. The van der Waals surface area contributed by atoms with Gasteiger partial charge in [0.1, 0.15) is 5.82 Å². The van der Waals surface area contributed by atoms with Gasteiger partial charge in [0.05, 0.1) is 6.20 Å². The van der Waals surface area contributed by atoms with Crippen molar-refractivity contribution in [2.45, 2.75) is 39.2 Å². The molecule has 15 heavy (non-hydrogen) atoms. The first-order valence-corrected chi connectivity index (χ1v) is 5.62. The summed E-state index contributed by atoms with van der Waals surface area (Å²) >= 11 is 0. The zero-order valence-corrected chi connectivity index (χ0v) is 9.46. The minimum Gasteiger partial charge on any atom is -0.310 e. The van der Waals surface area contributed by atoms with Crippen LogP contribution in [0.5, 0.6) is 0 Å². The average Bonchev–Trinajstić information content (AvgIpc) is 2.25. The Morgan fingerprint density at radius 3 is 2.80 bits per heavy atom. The summed E-state index contributed by atoms with van der Waals surface area (Å²) in [5, 5.41) is 3.36. The molecular weight excluding hydrogens is 191 g/mol. The second-order valence-corrected chi connectivity index (χ2v) is 3.69. The summed E-state index contributed by atoms with van der Waals surface area (Å²) in [6.45, 7) is 5.14. The number of pyridine rings is 1. The smallest absolute Gasteiger partial charge is 0.146 e. The molecule has 3 heteroatoms. The molecule has 0 fully saturated rings. The molecule has 1 unspecified atom stereocenters. The van der Waals surface area contributed by atoms with Crippen LogP contribution in [0, 0.1) is 5.82 Å². The topological polar surface area (TPSA) is 24.9 Å². The number of nitrogens with one attached hydrogen (secondary N) is 1. The van der Waals surface area contributed by atoms with E-state index in [-0.39, 0.29) is 11.9 Å². The van der Waals surface area contributed by atoms with E-state index in [4.69, 9.17) is 0 Å². The Kier molecular flexibility index (Phi) is 5.26. The van der Waals surface area contributed by atoms with Crippen LogP contribution in [0.4, 0.5) is 4.39 Å². The quantitative estimate of drug-likeness (QED) is 0.780. The maximum Gasteiger partial charge on any atom is 0.146 e. The third-order valence-corrected chi connectivity index (χ3v) is 2.40. The molecule has 0 bridgehead atoms. The lowest BCUT2D eigenvalue weighted by molar-refractivity contribution is 0.468. The summed E-state index contributed by atoms with van der Waals surface area (Å²) in [6, 6.07) is 1.89. The van der Waals surface area contributed by atoms with E-state index in [1.54, 1.807) is 12.3 Å². The zero-order chi connectivity index (χ0) is 11.1. The van der Waals surface area contributed by atoms with Gasteiger partial charge in [0.15, 0.2) is 0 Å². The summed E-state index contributed by atoms with van der Waals surface area (Å²) in [5.74, 6) is -0.209. The van der Waals surface area contributed by atoms with Crippen LogP contribution in [0.1, 0.15) is 44.7 Å². The Morgan fingerprint density at radius 1 is 1.40 bits per heavy atom. The van der Waals surface area contributed by atoms with Crippen LogP contribution in [0.15, 0.2) is 18.5 Å². The van der Waals surface area contributed by atoms with Crippen LogP contribution in [-0.4, -0.2) is 11.5 Å². The first kappa shape index (κ1) is 12.1. The van der Waals surface area contributed by atoms with Gasteiger partial charge in [0, 0.05) is 17.8 Å². The van der Waals surface area contributed by atoms with Gasteiger partial charge in [-0.25, -0.2) is 4.39 Å². The summed E-state index contributed by atoms with van der Waals surface area (Å²) in [6.07, 6.45) is 6.00. The fourth-order valence-corrected chi connectivity index (χ4v) is 1.64. The number of nitrogens with zero attached hydrogens (tertiary/aromatic N) is 1. The molecule has 0 aromatic carbocycles. The molecule has 1 aromatic rings. The minimum absolute atomic E-state index is 0.123. The number of hydrogen-bond donors (Lipinski definition) is 1. The van der Waals surface area contributed by atoms with E-state index >= 15 is 0 Å². The zero-order valence-electron chi connectivity index (χ0n) is 9.46. The van der Waals surface area contributed by atoms with Crippen molar-refractivity contribution in [1.82, 2.24) is 10.3 Å². The lowest BCUT2D eigenvalue weighted by atomic mass is 10.0. The van der Waals surface area contributed by atoms with Crippen molar-refractivity contribution in [3.05, 3.63) is 29.8 Å². The van der Waals surface area contributed by atoms with Crippen LogP contribution in [0.25, 0.3) is 0 Å². The van der Waals surface area contributed by atoms with Crippen molar-refractivity contribution in [2.75, 3.05) is 6.54 Å². The highest BCUT2D eigenvalue weighted by molar-refractivity contribution is 5.17. The maximum absolute atomic E-state index is 13.5. The van der Waals surface area contributed by atoms with Gasteiger partial charge in [-0.2, -0.15) is 0 Å². The number of aromatic nitrogens is 1. The van der Waals surface area contributed by atoms with Crippen LogP contribution in [-0.2, 0) is 0 Å². The van der Waals surface area contributed by atoms with Crippen LogP contribution < -0.4 is 5.32 Å². The molecule has 1 N–H and O–H groups in total. The van der Waals surface area contributed by atoms with Crippen molar-refractivity contribution in [2.24, 2.45) is 0 Å². The highest BCUT2D eigenvalue weighted by Crippen LogP contribution is 2.20. The van der Waals surface area contributed by atoms with Crippen molar-refractivity contribution in [3.63, 3.8) is 0 Å². The maximum atomic E-state index is 13.5. The molecular formula is C12H19FN2. The van der Waals surface area contributed by atoms with Gasteiger partial charge in [-0.3, -0.25) is 4.98 Å². The van der Waals surface area contributed by atoms with E-state index in [0.29, 0.717) is 0 Å². The van der Waals surface area contributed by atoms with E-state index in [9.17, 15) is 4.39 Å². The molecule has 2 nitrogen and oxygen atoms in total. The molecule has 1 atom stereocenters. The van der Waals surface area contributed by atoms with E-state index in [1.165, 1.54) is 6.20 Å². The van der Waals surface area contributed by atoms with E-state index < -0.39 is 0 Å². The second-order valence-electron chi connectivity index (χ2n) is 3.69. The van der Waals surface area contributed by atoms with Gasteiger partial charge < -0.3 is 5.32 Å². The molecule has 0 aliphatic rings. The lowest BCUT2D eigenvalue weighted by Crippen LogP contribution is -2.23. The summed E-state index contributed by atoms with van der Waals surface area (Å²) in [5.41, 5.74) is 0.736. The summed E-state index contributed by atoms with van der Waals surface area (Å²) < 4.78 is 13.5. The van der Waals surface area contributed by atoms with Gasteiger partial charge >= 0.3 is 0 Å². The second kappa shape index (κ2) is 6.51. The van der Waals surface area contributed by atoms with Crippen LogP contribution >= 0.6 is 0 Å². The minimum atomic E-state index is -0.209. The molecule has 0 amide bonds. The number of rotatable bonds is 6. The lowest BCUT2D eigenvalue weighted by Gasteiger charge is -2.18. The fourth-order valence-electron chi connectivity index (χ4n) is 1.64. The molecule has 0 saturated heterocycles. The Balaban J connectivity index is 2.74. The van der Waals surface area contributed by atoms with Crippen molar-refractivity contribution >= 4 is 0 Å². The van der Waals surface area contributed by atoms with Crippen molar-refractivity contribution < 1.29 is 4.39 Å². The van der Waals surface area contributed by atoms with Gasteiger partial charge in [0.2, 0.25) is 0 Å². The molecule has 0 spiro atoms. The standard InChI is InChI=1S/C12H19FN2/c1-3-5-12(15-7-4-2)10-6-8-14-9-11(10)13/h6,8-9,12,15H,3-5,7H2,1-2H3. The van der Waals surface area contributed by atoms with E-state index in [2.05, 4.69) is 24.1 Å². The molecule has 0 aliphatic heterocycles. The molecule has 0 aliphatic carbocycles. The molecule has 1 aromatic heterocycles. The van der Waals surface area contributed by atoms with Gasteiger partial charge in [0.25, 0.3) is 0 Å². The van der Waals surface area contributed by atoms with Crippen molar-refractivity contribution in [1.29, 1.82) is 0 Å². The summed E-state index contributed by atoms with van der Waals surface area (Å²) in [7, 11) is 0. The molecule has 0 saturated carbocycles. The molecule has 84 valence electrons. The van der Waals surface area contributed by atoms with Crippen LogP contribution in [0.3, 0.4) is 0 Å². The van der Waals surface area contributed by atoms with E-state index in [0.717, 1.165) is 31.4 Å².